The number of hydrogen-bond donors (Lipinski definition) is 1. The Morgan fingerprint density at radius 2 is 1.80 bits per heavy atom. The number of para-hydroxylation sites is 1. The van der Waals surface area contributed by atoms with Crippen molar-refractivity contribution in [3.8, 4) is 5.75 Å². The van der Waals surface area contributed by atoms with E-state index in [0.717, 1.165) is 17.9 Å². The molecule has 2 aromatic carbocycles. The van der Waals surface area contributed by atoms with Gasteiger partial charge in [-0.25, -0.2) is 0 Å². The molecule has 0 saturated carbocycles. The van der Waals surface area contributed by atoms with Crippen LogP contribution in [0, 0.1) is 0 Å². The van der Waals surface area contributed by atoms with Gasteiger partial charge in [-0.05, 0) is 43.2 Å². The van der Waals surface area contributed by atoms with Gasteiger partial charge in [0.15, 0.2) is 0 Å². The molecule has 1 unspecified atom stereocenters. The molecule has 0 fully saturated rings. The van der Waals surface area contributed by atoms with Gasteiger partial charge < -0.3 is 10.1 Å². The van der Waals surface area contributed by atoms with E-state index in [-0.39, 0.29) is 6.04 Å². The molecule has 2 nitrogen and oxygen atoms in total. The van der Waals surface area contributed by atoms with E-state index in [1.807, 2.05) is 43.3 Å². The van der Waals surface area contributed by atoms with Crippen LogP contribution in [0.1, 0.15) is 24.9 Å². The molecule has 0 aromatic heterocycles. The fraction of sp³-hybridized carbons (Fsp3) is 0.222. The first-order valence-corrected chi connectivity index (χ1v) is 6.98. The van der Waals surface area contributed by atoms with Gasteiger partial charge in [0.2, 0.25) is 0 Å². The third kappa shape index (κ3) is 3.89. The maximum atomic E-state index is 5.48. The first kappa shape index (κ1) is 14.2. The lowest BCUT2D eigenvalue weighted by atomic mass is 10.0. The van der Waals surface area contributed by atoms with Crippen LogP contribution in [-0.2, 0) is 0 Å². The Kier molecular flexibility index (Phi) is 5.24. The predicted octanol–water partition coefficient (Wildman–Crippen LogP) is 4.81. The second-order valence-electron chi connectivity index (χ2n) is 4.59. The summed E-state index contributed by atoms with van der Waals surface area (Å²) in [5.74, 6) is 0.910. The van der Waals surface area contributed by atoms with Crippen molar-refractivity contribution in [2.45, 2.75) is 19.4 Å². The Bertz CT molecular complexity index is 519. The van der Waals surface area contributed by atoms with Crippen molar-refractivity contribution in [1.82, 2.24) is 0 Å². The maximum absolute atomic E-state index is 5.48. The average molecular weight is 267 g/mol. The zero-order valence-electron chi connectivity index (χ0n) is 11.9. The number of hydrogen-bond acceptors (Lipinski definition) is 2. The fourth-order valence-corrected chi connectivity index (χ4v) is 2.14. The van der Waals surface area contributed by atoms with Gasteiger partial charge in [0, 0.05) is 5.69 Å². The zero-order chi connectivity index (χ0) is 14.2. The van der Waals surface area contributed by atoms with Crippen LogP contribution in [0.4, 0.5) is 5.69 Å². The van der Waals surface area contributed by atoms with Crippen LogP contribution in [0.2, 0.25) is 0 Å². The highest BCUT2D eigenvalue weighted by atomic mass is 16.5. The molecule has 0 aliphatic heterocycles. The van der Waals surface area contributed by atoms with Gasteiger partial charge >= 0.3 is 0 Å². The molecule has 2 aromatic rings. The molecule has 0 radical (unpaired) electrons. The van der Waals surface area contributed by atoms with Crippen molar-refractivity contribution < 1.29 is 4.74 Å². The molecule has 0 saturated heterocycles. The first-order valence-electron chi connectivity index (χ1n) is 6.98. The minimum absolute atomic E-state index is 0.227. The van der Waals surface area contributed by atoms with E-state index in [2.05, 4.69) is 36.2 Å². The Labute approximate surface area is 121 Å². The minimum Gasteiger partial charge on any atom is -0.494 e. The quantitative estimate of drug-likeness (QED) is 0.726. The van der Waals surface area contributed by atoms with E-state index < -0.39 is 0 Å². The average Bonchev–Trinajstić information content (AvgIpc) is 2.49. The molecule has 0 amide bonds. The van der Waals surface area contributed by atoms with Gasteiger partial charge in [0.05, 0.1) is 12.6 Å². The zero-order valence-corrected chi connectivity index (χ0v) is 11.9. The highest BCUT2D eigenvalue weighted by Gasteiger charge is 2.09. The number of anilines is 1. The molecule has 20 heavy (non-hydrogen) atoms. The Morgan fingerprint density at radius 3 is 2.40 bits per heavy atom. The van der Waals surface area contributed by atoms with E-state index in [0.29, 0.717) is 6.61 Å². The van der Waals surface area contributed by atoms with Gasteiger partial charge in [-0.3, -0.25) is 0 Å². The first-order chi connectivity index (χ1) is 9.83. The smallest absolute Gasteiger partial charge is 0.119 e. The van der Waals surface area contributed by atoms with Crippen LogP contribution < -0.4 is 10.1 Å². The second-order valence-corrected chi connectivity index (χ2v) is 4.59. The number of ether oxygens (including phenoxy) is 1. The highest BCUT2D eigenvalue weighted by molar-refractivity contribution is 5.45. The second kappa shape index (κ2) is 7.39. The normalized spacial score (nSPS) is 11.7. The van der Waals surface area contributed by atoms with E-state index in [9.17, 15) is 0 Å². The molecule has 0 spiro atoms. The molecule has 1 atom stereocenters. The summed E-state index contributed by atoms with van der Waals surface area (Å²) >= 11 is 0. The standard InChI is InChI=1S/C18H21NO/c1-3-8-18(19-16-9-6-5-7-10-16)15-11-13-17(14-12-15)20-4-2/h3,5-7,9-14,18-19H,1,4,8H2,2H3. The van der Waals surface area contributed by atoms with E-state index in [1.54, 1.807) is 0 Å². The van der Waals surface area contributed by atoms with Crippen molar-refractivity contribution in [3.05, 3.63) is 72.8 Å². The van der Waals surface area contributed by atoms with Gasteiger partial charge in [-0.2, -0.15) is 0 Å². The molecule has 2 heteroatoms. The van der Waals surface area contributed by atoms with E-state index in [4.69, 9.17) is 4.74 Å². The van der Waals surface area contributed by atoms with E-state index in [1.165, 1.54) is 5.56 Å². The molecule has 0 heterocycles. The van der Waals surface area contributed by atoms with Gasteiger partial charge in [0.1, 0.15) is 5.75 Å². The highest BCUT2D eigenvalue weighted by Crippen LogP contribution is 2.24. The monoisotopic (exact) mass is 267 g/mol. The molecule has 0 bridgehead atoms. The lowest BCUT2D eigenvalue weighted by Gasteiger charge is -2.19. The third-order valence-electron chi connectivity index (χ3n) is 3.11. The van der Waals surface area contributed by atoms with Crippen LogP contribution in [-0.4, -0.2) is 6.61 Å². The largest absolute Gasteiger partial charge is 0.494 e. The summed E-state index contributed by atoms with van der Waals surface area (Å²) in [6.07, 6.45) is 2.82. The predicted molar refractivity (Wildman–Crippen MR) is 85.2 cm³/mol. The molecule has 104 valence electrons. The van der Waals surface area contributed by atoms with Crippen molar-refractivity contribution in [1.29, 1.82) is 0 Å². The van der Waals surface area contributed by atoms with Gasteiger partial charge in [-0.15, -0.1) is 6.58 Å². The van der Waals surface area contributed by atoms with E-state index >= 15 is 0 Å². The van der Waals surface area contributed by atoms with Crippen LogP contribution in [0.25, 0.3) is 0 Å². The summed E-state index contributed by atoms with van der Waals surface area (Å²) in [6, 6.07) is 18.7. The summed E-state index contributed by atoms with van der Waals surface area (Å²) in [7, 11) is 0. The molecule has 2 rings (SSSR count). The number of benzene rings is 2. The van der Waals surface area contributed by atoms with Crippen LogP contribution in [0.5, 0.6) is 5.75 Å². The van der Waals surface area contributed by atoms with Crippen LogP contribution in [0.15, 0.2) is 67.3 Å². The molecule has 0 aliphatic carbocycles. The summed E-state index contributed by atoms with van der Waals surface area (Å²) in [6.45, 7) is 6.53. The maximum Gasteiger partial charge on any atom is 0.119 e. The van der Waals surface area contributed by atoms with Crippen molar-refractivity contribution in [2.75, 3.05) is 11.9 Å². The van der Waals surface area contributed by atoms with Crippen LogP contribution >= 0.6 is 0 Å². The number of rotatable bonds is 7. The van der Waals surface area contributed by atoms with Crippen molar-refractivity contribution in [3.63, 3.8) is 0 Å². The summed E-state index contributed by atoms with van der Waals surface area (Å²) in [4.78, 5) is 0. The van der Waals surface area contributed by atoms with Gasteiger partial charge in [-0.1, -0.05) is 36.4 Å². The molecular formula is C18H21NO. The Hall–Kier alpha value is -2.22. The summed E-state index contributed by atoms with van der Waals surface area (Å²) in [5, 5.41) is 3.54. The summed E-state index contributed by atoms with van der Waals surface area (Å²) in [5.41, 5.74) is 2.35. The Morgan fingerprint density at radius 1 is 1.10 bits per heavy atom. The van der Waals surface area contributed by atoms with Gasteiger partial charge in [0.25, 0.3) is 0 Å². The van der Waals surface area contributed by atoms with Crippen LogP contribution in [0.3, 0.4) is 0 Å². The lowest BCUT2D eigenvalue weighted by molar-refractivity contribution is 0.340. The summed E-state index contributed by atoms with van der Waals surface area (Å²) < 4.78 is 5.48. The number of nitrogens with one attached hydrogen (secondary N) is 1. The Balaban J connectivity index is 2.13. The van der Waals surface area contributed by atoms with Crippen molar-refractivity contribution >= 4 is 5.69 Å². The third-order valence-corrected chi connectivity index (χ3v) is 3.11. The van der Waals surface area contributed by atoms with Crippen molar-refractivity contribution in [2.24, 2.45) is 0 Å². The molecular weight excluding hydrogens is 246 g/mol. The lowest BCUT2D eigenvalue weighted by Crippen LogP contribution is -2.09. The molecule has 0 aliphatic rings. The topological polar surface area (TPSA) is 21.3 Å². The fourth-order valence-electron chi connectivity index (χ4n) is 2.14. The minimum atomic E-state index is 0.227. The molecule has 1 N–H and O–H groups in total. The SMILES string of the molecule is C=CCC(Nc1ccccc1)c1ccc(OCC)cc1.